The number of piperidine rings is 1. The van der Waals surface area contributed by atoms with Gasteiger partial charge in [0.2, 0.25) is 0 Å². The van der Waals surface area contributed by atoms with Crippen molar-refractivity contribution in [3.8, 4) is 0 Å². The van der Waals surface area contributed by atoms with E-state index in [1.54, 1.807) is 0 Å². The summed E-state index contributed by atoms with van der Waals surface area (Å²) in [7, 11) is -3.52. The number of anilines is 2. The Morgan fingerprint density at radius 1 is 1.17 bits per heavy atom. The Morgan fingerprint density at radius 2 is 1.87 bits per heavy atom. The van der Waals surface area contributed by atoms with Crippen molar-refractivity contribution in [1.29, 1.82) is 0 Å². The highest BCUT2D eigenvalue weighted by Gasteiger charge is 2.31. The summed E-state index contributed by atoms with van der Waals surface area (Å²) >= 11 is 0. The van der Waals surface area contributed by atoms with Crippen molar-refractivity contribution in [2.75, 3.05) is 18.4 Å². The fraction of sp³-hybridized carbons (Fsp3) is 0.333. The zero-order valence-electron chi connectivity index (χ0n) is 12.4. The maximum absolute atomic E-state index is 13.0. The minimum atomic E-state index is -3.52. The Bertz CT molecular complexity index is 774. The van der Waals surface area contributed by atoms with E-state index in [4.69, 9.17) is 0 Å². The summed E-state index contributed by atoms with van der Waals surface area (Å²) in [5.41, 5.74) is 0.562. The zero-order chi connectivity index (χ0) is 16.3. The molecule has 2 heterocycles. The van der Waals surface area contributed by atoms with Gasteiger partial charge in [0.1, 0.15) is 17.0 Å². The van der Waals surface area contributed by atoms with Crippen LogP contribution in [0.3, 0.4) is 0 Å². The van der Waals surface area contributed by atoms with Crippen molar-refractivity contribution < 1.29 is 12.8 Å². The predicted molar refractivity (Wildman–Crippen MR) is 84.8 cm³/mol. The lowest BCUT2D eigenvalue weighted by Gasteiger charge is -2.23. The Hall–Kier alpha value is -2.06. The Morgan fingerprint density at radius 3 is 2.57 bits per heavy atom. The fourth-order valence-corrected chi connectivity index (χ4v) is 4.37. The molecule has 0 radical (unpaired) electrons. The van der Waals surface area contributed by atoms with Gasteiger partial charge < -0.3 is 10.6 Å². The van der Waals surface area contributed by atoms with E-state index < -0.39 is 15.1 Å². The molecule has 23 heavy (non-hydrogen) atoms. The molecule has 1 fully saturated rings. The van der Waals surface area contributed by atoms with E-state index in [-0.39, 0.29) is 16.5 Å². The van der Waals surface area contributed by atoms with Crippen LogP contribution in [0.15, 0.2) is 41.7 Å². The second-order valence-corrected chi connectivity index (χ2v) is 7.56. The van der Waals surface area contributed by atoms with E-state index in [1.807, 2.05) is 0 Å². The van der Waals surface area contributed by atoms with Gasteiger partial charge in [0.25, 0.3) is 0 Å². The van der Waals surface area contributed by atoms with E-state index in [2.05, 4.69) is 20.6 Å². The number of hydrogen-bond acceptors (Lipinski definition) is 6. The average Bonchev–Trinajstić information content (AvgIpc) is 2.58. The fourth-order valence-electron chi connectivity index (χ4n) is 2.57. The van der Waals surface area contributed by atoms with Gasteiger partial charge in [-0.3, -0.25) is 0 Å². The van der Waals surface area contributed by atoms with Crippen molar-refractivity contribution in [3.63, 3.8) is 0 Å². The van der Waals surface area contributed by atoms with E-state index in [1.165, 1.54) is 36.8 Å². The summed E-state index contributed by atoms with van der Waals surface area (Å²) in [4.78, 5) is 7.98. The SMILES string of the molecule is O=S(=O)(c1cncnc1Nc1ccc(F)cc1)C1CCNCC1. The first-order valence-electron chi connectivity index (χ1n) is 7.34. The van der Waals surface area contributed by atoms with E-state index in [0.717, 1.165) is 0 Å². The predicted octanol–water partition coefficient (Wildman–Crippen LogP) is 1.89. The number of rotatable bonds is 4. The number of halogens is 1. The molecule has 2 N–H and O–H groups in total. The van der Waals surface area contributed by atoms with Crippen LogP contribution < -0.4 is 10.6 Å². The van der Waals surface area contributed by atoms with Crippen LogP contribution >= 0.6 is 0 Å². The number of nitrogens with zero attached hydrogens (tertiary/aromatic N) is 2. The molecule has 122 valence electrons. The number of aromatic nitrogens is 2. The zero-order valence-corrected chi connectivity index (χ0v) is 13.2. The highest BCUT2D eigenvalue weighted by Crippen LogP contribution is 2.28. The van der Waals surface area contributed by atoms with E-state index >= 15 is 0 Å². The van der Waals surface area contributed by atoms with Gasteiger partial charge in [-0.1, -0.05) is 0 Å². The van der Waals surface area contributed by atoms with Crippen LogP contribution in [0.4, 0.5) is 15.9 Å². The molecule has 0 unspecified atom stereocenters. The minimum absolute atomic E-state index is 0.0798. The second kappa shape index (κ2) is 6.59. The third kappa shape index (κ3) is 3.48. The molecule has 0 saturated carbocycles. The van der Waals surface area contributed by atoms with Crippen LogP contribution in [0.25, 0.3) is 0 Å². The number of hydrogen-bond donors (Lipinski definition) is 2. The van der Waals surface area contributed by atoms with E-state index in [9.17, 15) is 12.8 Å². The van der Waals surface area contributed by atoms with Gasteiger partial charge in [0.05, 0.1) is 11.4 Å². The number of nitrogens with one attached hydrogen (secondary N) is 2. The summed E-state index contributed by atoms with van der Waals surface area (Å²) < 4.78 is 38.7. The highest BCUT2D eigenvalue weighted by molar-refractivity contribution is 7.92. The van der Waals surface area contributed by atoms with Gasteiger partial charge in [-0.2, -0.15) is 0 Å². The number of sulfone groups is 1. The van der Waals surface area contributed by atoms with Gasteiger partial charge in [-0.15, -0.1) is 0 Å². The summed E-state index contributed by atoms with van der Waals surface area (Å²) in [6.07, 6.45) is 3.73. The van der Waals surface area contributed by atoms with E-state index in [0.29, 0.717) is 31.6 Å². The lowest BCUT2D eigenvalue weighted by molar-refractivity contribution is 0.496. The third-order valence-electron chi connectivity index (χ3n) is 3.82. The van der Waals surface area contributed by atoms with Gasteiger partial charge in [0, 0.05) is 5.69 Å². The summed E-state index contributed by atoms with van der Waals surface area (Å²) in [5.74, 6) is -0.147. The highest BCUT2D eigenvalue weighted by atomic mass is 32.2. The van der Waals surface area contributed by atoms with Gasteiger partial charge in [-0.25, -0.2) is 22.8 Å². The number of benzene rings is 1. The Balaban J connectivity index is 1.92. The molecule has 0 aliphatic carbocycles. The second-order valence-electron chi connectivity index (χ2n) is 5.36. The normalized spacial score (nSPS) is 16.2. The summed E-state index contributed by atoms with van der Waals surface area (Å²) in [6.45, 7) is 1.36. The Kier molecular flexibility index (Phi) is 4.53. The summed E-state index contributed by atoms with van der Waals surface area (Å²) in [5, 5.41) is 5.64. The van der Waals surface area contributed by atoms with Crippen LogP contribution in [0.1, 0.15) is 12.8 Å². The van der Waals surface area contributed by atoms with Crippen molar-refractivity contribution in [1.82, 2.24) is 15.3 Å². The standard InChI is InChI=1S/C15H17FN4O2S/c16-11-1-3-12(4-2-11)20-15-14(9-18-10-19-15)23(21,22)13-5-7-17-8-6-13/h1-4,9-10,13,17H,5-8H2,(H,18,19,20). The molecule has 1 saturated heterocycles. The van der Waals surface area contributed by atoms with Crippen LogP contribution in [0, 0.1) is 5.82 Å². The first kappa shape index (κ1) is 15.8. The average molecular weight is 336 g/mol. The molecule has 0 spiro atoms. The van der Waals surface area contributed by atoms with Gasteiger partial charge in [-0.05, 0) is 50.2 Å². The quantitative estimate of drug-likeness (QED) is 0.887. The Labute approximate surface area is 134 Å². The van der Waals surface area contributed by atoms with Crippen molar-refractivity contribution in [3.05, 3.63) is 42.6 Å². The monoisotopic (exact) mass is 336 g/mol. The smallest absolute Gasteiger partial charge is 0.186 e. The maximum atomic E-state index is 13.0. The molecule has 1 aromatic carbocycles. The topological polar surface area (TPSA) is 84.0 Å². The lowest BCUT2D eigenvalue weighted by atomic mass is 10.2. The van der Waals surface area contributed by atoms with Gasteiger partial charge in [0.15, 0.2) is 15.7 Å². The van der Waals surface area contributed by atoms with Crippen molar-refractivity contribution >= 4 is 21.3 Å². The molecule has 3 rings (SSSR count). The lowest BCUT2D eigenvalue weighted by Crippen LogP contribution is -2.36. The maximum Gasteiger partial charge on any atom is 0.186 e. The molecule has 6 nitrogen and oxygen atoms in total. The third-order valence-corrected chi connectivity index (χ3v) is 6.08. The molecule has 0 amide bonds. The molecular formula is C15H17FN4O2S. The first-order chi connectivity index (χ1) is 11.1. The van der Waals surface area contributed by atoms with Crippen LogP contribution in [0.2, 0.25) is 0 Å². The molecule has 2 aromatic rings. The summed E-state index contributed by atoms with van der Waals surface area (Å²) in [6, 6.07) is 5.64. The first-order valence-corrected chi connectivity index (χ1v) is 8.89. The molecule has 1 aliphatic heterocycles. The molecule has 8 heteroatoms. The van der Waals surface area contributed by atoms with Crippen LogP contribution in [0.5, 0.6) is 0 Å². The van der Waals surface area contributed by atoms with Crippen LogP contribution in [-0.4, -0.2) is 36.7 Å². The van der Waals surface area contributed by atoms with Crippen molar-refractivity contribution in [2.24, 2.45) is 0 Å². The minimum Gasteiger partial charge on any atom is -0.339 e. The molecule has 1 aliphatic rings. The van der Waals surface area contributed by atoms with Gasteiger partial charge >= 0.3 is 0 Å². The largest absolute Gasteiger partial charge is 0.339 e. The molecule has 0 atom stereocenters. The van der Waals surface area contributed by atoms with Crippen LogP contribution in [-0.2, 0) is 9.84 Å². The molecule has 1 aromatic heterocycles. The molecular weight excluding hydrogens is 319 g/mol. The molecule has 0 bridgehead atoms. The van der Waals surface area contributed by atoms with Crippen molar-refractivity contribution in [2.45, 2.75) is 23.0 Å².